The lowest BCUT2D eigenvalue weighted by Gasteiger charge is -2.17. The average Bonchev–Trinajstić information content (AvgIpc) is 2.29. The SMILES string of the molecule is CC(C)(N)c1nc(O)c(-c2ccc(Cl)cc2)c(=O)[nH]1. The molecule has 1 aromatic carbocycles. The molecule has 5 nitrogen and oxygen atoms in total. The summed E-state index contributed by atoms with van der Waals surface area (Å²) in [5.74, 6) is -0.118. The van der Waals surface area contributed by atoms with Gasteiger partial charge in [-0.05, 0) is 31.5 Å². The number of aromatic nitrogens is 2. The summed E-state index contributed by atoms with van der Waals surface area (Å²) in [6, 6.07) is 6.55. The molecule has 2 rings (SSSR count). The maximum absolute atomic E-state index is 12.0. The van der Waals surface area contributed by atoms with Crippen molar-refractivity contribution >= 4 is 11.6 Å². The van der Waals surface area contributed by atoms with E-state index >= 15 is 0 Å². The predicted octanol–water partition coefficient (Wildman–Crippen LogP) is 1.99. The molecule has 0 spiro atoms. The maximum atomic E-state index is 12.0. The van der Waals surface area contributed by atoms with Crippen molar-refractivity contribution in [2.75, 3.05) is 0 Å². The average molecular weight is 280 g/mol. The zero-order valence-electron chi connectivity index (χ0n) is 10.6. The van der Waals surface area contributed by atoms with Gasteiger partial charge in [-0.2, -0.15) is 4.98 Å². The maximum Gasteiger partial charge on any atom is 0.262 e. The number of aromatic amines is 1. The van der Waals surface area contributed by atoms with E-state index in [2.05, 4.69) is 9.97 Å². The fourth-order valence-electron chi connectivity index (χ4n) is 1.64. The molecule has 0 unspecified atom stereocenters. The summed E-state index contributed by atoms with van der Waals surface area (Å²) in [5.41, 5.74) is 5.20. The Labute approximate surface area is 115 Å². The molecule has 0 radical (unpaired) electrons. The molecular weight excluding hydrogens is 266 g/mol. The van der Waals surface area contributed by atoms with Crippen LogP contribution in [0.2, 0.25) is 5.02 Å². The fourth-order valence-corrected chi connectivity index (χ4v) is 1.77. The van der Waals surface area contributed by atoms with E-state index in [0.29, 0.717) is 10.6 Å². The number of aromatic hydroxyl groups is 1. The summed E-state index contributed by atoms with van der Waals surface area (Å²) in [4.78, 5) is 18.6. The molecular formula is C13H14ClN3O2. The molecule has 0 saturated heterocycles. The van der Waals surface area contributed by atoms with Gasteiger partial charge in [0.2, 0.25) is 5.88 Å². The second-order valence-corrected chi connectivity index (χ2v) is 5.28. The summed E-state index contributed by atoms with van der Waals surface area (Å²) in [5, 5.41) is 10.5. The molecule has 0 fully saturated rings. The van der Waals surface area contributed by atoms with Crippen LogP contribution in [0.25, 0.3) is 11.1 Å². The molecule has 0 aliphatic rings. The highest BCUT2D eigenvalue weighted by Crippen LogP contribution is 2.26. The van der Waals surface area contributed by atoms with E-state index in [-0.39, 0.29) is 17.3 Å². The van der Waals surface area contributed by atoms with Crippen LogP contribution in [0.3, 0.4) is 0 Å². The van der Waals surface area contributed by atoms with Gasteiger partial charge in [-0.3, -0.25) is 4.79 Å². The highest BCUT2D eigenvalue weighted by atomic mass is 35.5. The van der Waals surface area contributed by atoms with Crippen molar-refractivity contribution in [2.45, 2.75) is 19.4 Å². The molecule has 0 aliphatic heterocycles. The van der Waals surface area contributed by atoms with Gasteiger partial charge in [0.25, 0.3) is 5.56 Å². The van der Waals surface area contributed by atoms with Gasteiger partial charge >= 0.3 is 0 Å². The number of benzene rings is 1. The van der Waals surface area contributed by atoms with Crippen molar-refractivity contribution in [3.63, 3.8) is 0 Å². The Kier molecular flexibility index (Phi) is 3.34. The molecule has 0 bridgehead atoms. The fraction of sp³-hybridized carbons (Fsp3) is 0.231. The molecule has 100 valence electrons. The van der Waals surface area contributed by atoms with Crippen molar-refractivity contribution in [2.24, 2.45) is 5.73 Å². The van der Waals surface area contributed by atoms with Gasteiger partial charge in [0, 0.05) is 5.02 Å². The molecule has 2 aromatic rings. The zero-order valence-corrected chi connectivity index (χ0v) is 11.3. The van der Waals surface area contributed by atoms with E-state index in [9.17, 15) is 9.90 Å². The van der Waals surface area contributed by atoms with Gasteiger partial charge in [0.1, 0.15) is 11.4 Å². The lowest BCUT2D eigenvalue weighted by molar-refractivity contribution is 0.432. The highest BCUT2D eigenvalue weighted by molar-refractivity contribution is 6.30. The first-order valence-electron chi connectivity index (χ1n) is 5.67. The summed E-state index contributed by atoms with van der Waals surface area (Å²) in [7, 11) is 0. The van der Waals surface area contributed by atoms with Crippen LogP contribution in [-0.4, -0.2) is 15.1 Å². The molecule has 6 heteroatoms. The Hall–Kier alpha value is -1.85. The Morgan fingerprint density at radius 3 is 2.37 bits per heavy atom. The van der Waals surface area contributed by atoms with Crippen LogP contribution in [0.1, 0.15) is 19.7 Å². The quantitative estimate of drug-likeness (QED) is 0.784. The third-order valence-corrected chi connectivity index (χ3v) is 2.90. The van der Waals surface area contributed by atoms with Crippen LogP contribution >= 0.6 is 11.6 Å². The van der Waals surface area contributed by atoms with E-state index in [1.165, 1.54) is 0 Å². The second-order valence-electron chi connectivity index (χ2n) is 4.84. The Morgan fingerprint density at radius 1 is 1.32 bits per heavy atom. The van der Waals surface area contributed by atoms with Crippen LogP contribution in [0.5, 0.6) is 5.88 Å². The molecule has 0 atom stereocenters. The molecule has 4 N–H and O–H groups in total. The van der Waals surface area contributed by atoms with Crippen molar-refractivity contribution in [3.05, 3.63) is 45.5 Å². The van der Waals surface area contributed by atoms with Crippen LogP contribution in [0.4, 0.5) is 0 Å². The van der Waals surface area contributed by atoms with E-state index in [1.807, 2.05) is 0 Å². The zero-order chi connectivity index (χ0) is 14.2. The van der Waals surface area contributed by atoms with Crippen LogP contribution in [0, 0.1) is 0 Å². The third kappa shape index (κ3) is 2.77. The number of H-pyrrole nitrogens is 1. The van der Waals surface area contributed by atoms with Crippen molar-refractivity contribution < 1.29 is 5.11 Å². The molecule has 0 amide bonds. The summed E-state index contributed by atoms with van der Waals surface area (Å²) >= 11 is 5.78. The minimum absolute atomic E-state index is 0.102. The topological polar surface area (TPSA) is 92.0 Å². The molecule has 1 heterocycles. The highest BCUT2D eigenvalue weighted by Gasteiger charge is 2.21. The Bertz CT molecular complexity index is 657. The predicted molar refractivity (Wildman–Crippen MR) is 74.2 cm³/mol. The van der Waals surface area contributed by atoms with E-state index in [0.717, 1.165) is 0 Å². The van der Waals surface area contributed by atoms with E-state index < -0.39 is 11.1 Å². The number of nitrogens with zero attached hydrogens (tertiary/aromatic N) is 1. The number of nitrogens with one attached hydrogen (secondary N) is 1. The van der Waals surface area contributed by atoms with Crippen molar-refractivity contribution in [1.82, 2.24) is 9.97 Å². The number of hydrogen-bond donors (Lipinski definition) is 3. The van der Waals surface area contributed by atoms with Crippen LogP contribution < -0.4 is 11.3 Å². The number of hydrogen-bond acceptors (Lipinski definition) is 4. The van der Waals surface area contributed by atoms with Crippen molar-refractivity contribution in [3.8, 4) is 17.0 Å². The van der Waals surface area contributed by atoms with Gasteiger partial charge in [-0.1, -0.05) is 23.7 Å². The number of rotatable bonds is 2. The van der Waals surface area contributed by atoms with Gasteiger partial charge in [0.05, 0.1) is 5.54 Å². The lowest BCUT2D eigenvalue weighted by atomic mass is 10.1. The number of nitrogens with two attached hydrogens (primary N) is 1. The minimum atomic E-state index is -0.838. The minimum Gasteiger partial charge on any atom is -0.493 e. The van der Waals surface area contributed by atoms with Gasteiger partial charge < -0.3 is 15.8 Å². The molecule has 1 aromatic heterocycles. The van der Waals surface area contributed by atoms with Crippen molar-refractivity contribution in [1.29, 1.82) is 0 Å². The largest absolute Gasteiger partial charge is 0.493 e. The smallest absolute Gasteiger partial charge is 0.262 e. The first kappa shape index (κ1) is 13.6. The Morgan fingerprint density at radius 2 is 1.89 bits per heavy atom. The summed E-state index contributed by atoms with van der Waals surface area (Å²) in [6.07, 6.45) is 0. The van der Waals surface area contributed by atoms with E-state index in [1.54, 1.807) is 38.1 Å². The third-order valence-electron chi connectivity index (χ3n) is 2.64. The lowest BCUT2D eigenvalue weighted by Crippen LogP contribution is -2.33. The standard InChI is InChI=1S/C13H14ClN3O2/c1-13(2,15)12-16-10(18)9(11(19)17-12)7-3-5-8(14)6-4-7/h3-6H,15H2,1-2H3,(H2,16,17,18,19). The van der Waals surface area contributed by atoms with Gasteiger partial charge in [-0.25, -0.2) is 0 Å². The monoisotopic (exact) mass is 279 g/mol. The first-order chi connectivity index (χ1) is 8.79. The van der Waals surface area contributed by atoms with E-state index in [4.69, 9.17) is 17.3 Å². The molecule has 0 aliphatic carbocycles. The normalized spacial score (nSPS) is 11.6. The summed E-state index contributed by atoms with van der Waals surface area (Å²) < 4.78 is 0. The number of halogens is 1. The summed E-state index contributed by atoms with van der Waals surface area (Å²) in [6.45, 7) is 3.37. The molecule has 0 saturated carbocycles. The van der Waals surface area contributed by atoms with Crippen LogP contribution in [0.15, 0.2) is 29.1 Å². The Balaban J connectivity index is 2.60. The second kappa shape index (κ2) is 4.68. The van der Waals surface area contributed by atoms with Gasteiger partial charge in [-0.15, -0.1) is 0 Å². The van der Waals surface area contributed by atoms with Gasteiger partial charge in [0.15, 0.2) is 0 Å². The first-order valence-corrected chi connectivity index (χ1v) is 6.05. The van der Waals surface area contributed by atoms with Crippen LogP contribution in [-0.2, 0) is 5.54 Å². The molecule has 19 heavy (non-hydrogen) atoms.